The van der Waals surface area contributed by atoms with E-state index in [1.807, 2.05) is 13.8 Å². The standard InChI is InChI=1S/C23H39N10O5/c1-13(2)8-18(33-20(36)16(24)5-6-19(25)35)22(38)32-17(4-3-7-29-23(26)27)21(37)31-15(11-34)9-14-10-28-12-30-14/h10,12-13,15-18H,3-9,24H2,1-2H3,(H2,25,35)(H,28,30)(H,31,37)(H,32,38)(H,33,36)(H4,26,27,29)/t15-,16-,17-,18-/m0/s1. The Bertz CT molecular complexity index is 937. The fraction of sp³-hybridized carbons (Fsp3) is 0.609. The van der Waals surface area contributed by atoms with Crippen LogP contribution in [0, 0.1) is 11.3 Å². The maximum absolute atomic E-state index is 13.2. The highest BCUT2D eigenvalue weighted by Gasteiger charge is 2.29. The first-order chi connectivity index (χ1) is 17.9. The molecule has 0 aliphatic rings. The SMILES string of the molecule is CC(C)C[C@H](NC(=O)[C@@H](N)CCC(N)=O)C(=O)N[C@@H](CCCNC(=N)N)C(=O)N[C@H]([C]=O)Cc1c[nH]cn1. The number of nitrogens with two attached hydrogens (primary N) is 3. The van der Waals surface area contributed by atoms with Gasteiger partial charge >= 0.3 is 0 Å². The van der Waals surface area contributed by atoms with Crippen LogP contribution in [0.5, 0.6) is 0 Å². The van der Waals surface area contributed by atoms with E-state index in [1.165, 1.54) is 6.33 Å². The number of amides is 4. The van der Waals surface area contributed by atoms with Gasteiger partial charge in [-0.25, -0.2) is 4.98 Å². The number of aromatic nitrogens is 2. The molecule has 4 atom stereocenters. The molecule has 0 aliphatic carbocycles. The highest BCUT2D eigenvalue weighted by molar-refractivity contribution is 5.93. The molecular formula is C23H39N10O5. The number of carbonyl (C=O) groups excluding carboxylic acids is 5. The molecule has 1 aromatic heterocycles. The maximum Gasteiger partial charge on any atom is 0.243 e. The Labute approximate surface area is 221 Å². The van der Waals surface area contributed by atoms with Crippen molar-refractivity contribution in [1.82, 2.24) is 31.2 Å². The average Bonchev–Trinajstić information content (AvgIpc) is 3.35. The molecule has 0 bridgehead atoms. The molecular weight excluding hydrogens is 496 g/mol. The van der Waals surface area contributed by atoms with Gasteiger partial charge in [-0.05, 0) is 31.6 Å². The zero-order valence-corrected chi connectivity index (χ0v) is 21.7. The Morgan fingerprint density at radius 1 is 1.05 bits per heavy atom. The van der Waals surface area contributed by atoms with Crippen LogP contribution < -0.4 is 38.5 Å². The molecule has 15 heteroatoms. The van der Waals surface area contributed by atoms with Crippen molar-refractivity contribution >= 4 is 35.9 Å². The summed E-state index contributed by atoms with van der Waals surface area (Å²) in [6, 6.07) is -4.13. The zero-order valence-electron chi connectivity index (χ0n) is 21.7. The van der Waals surface area contributed by atoms with Crippen molar-refractivity contribution in [3.63, 3.8) is 0 Å². The van der Waals surface area contributed by atoms with E-state index in [-0.39, 0.29) is 50.5 Å². The number of guanidine groups is 1. The minimum Gasteiger partial charge on any atom is -0.370 e. The molecule has 0 saturated carbocycles. The van der Waals surface area contributed by atoms with Crippen molar-refractivity contribution < 1.29 is 24.0 Å². The molecule has 4 amide bonds. The maximum atomic E-state index is 13.2. The fourth-order valence-corrected chi connectivity index (χ4v) is 3.49. The molecule has 1 heterocycles. The van der Waals surface area contributed by atoms with E-state index in [9.17, 15) is 24.0 Å². The Morgan fingerprint density at radius 2 is 1.71 bits per heavy atom. The number of carbonyl (C=O) groups is 4. The second kappa shape index (κ2) is 16.7. The number of rotatable bonds is 18. The highest BCUT2D eigenvalue weighted by atomic mass is 16.2. The second-order valence-corrected chi connectivity index (χ2v) is 9.29. The van der Waals surface area contributed by atoms with Crippen molar-refractivity contribution in [1.29, 1.82) is 5.41 Å². The number of aromatic amines is 1. The van der Waals surface area contributed by atoms with E-state index in [1.54, 1.807) is 12.5 Å². The topological polar surface area (TPSA) is 264 Å². The molecule has 211 valence electrons. The van der Waals surface area contributed by atoms with Crippen LogP contribution in [-0.4, -0.2) is 76.6 Å². The fourth-order valence-electron chi connectivity index (χ4n) is 3.49. The number of nitrogens with zero attached hydrogens (tertiary/aromatic N) is 1. The first-order valence-electron chi connectivity index (χ1n) is 12.3. The van der Waals surface area contributed by atoms with E-state index in [4.69, 9.17) is 22.6 Å². The van der Waals surface area contributed by atoms with Crippen molar-refractivity contribution in [3.05, 3.63) is 18.2 Å². The van der Waals surface area contributed by atoms with Crippen LogP contribution in [0.3, 0.4) is 0 Å². The molecule has 12 N–H and O–H groups in total. The molecule has 1 aromatic rings. The van der Waals surface area contributed by atoms with Gasteiger partial charge in [-0.15, -0.1) is 0 Å². The number of hydrogen-bond acceptors (Lipinski definition) is 8. The van der Waals surface area contributed by atoms with Gasteiger partial charge in [0.15, 0.2) is 5.96 Å². The third-order valence-electron chi connectivity index (χ3n) is 5.42. The van der Waals surface area contributed by atoms with Gasteiger partial charge in [0.25, 0.3) is 0 Å². The predicted octanol–water partition coefficient (Wildman–Crippen LogP) is -2.58. The Hall–Kier alpha value is -4.01. The molecule has 0 saturated heterocycles. The number of H-pyrrole nitrogens is 1. The Morgan fingerprint density at radius 3 is 2.26 bits per heavy atom. The summed E-state index contributed by atoms with van der Waals surface area (Å²) in [5.41, 5.74) is 16.8. The summed E-state index contributed by atoms with van der Waals surface area (Å²) < 4.78 is 0. The van der Waals surface area contributed by atoms with Crippen LogP contribution in [0.25, 0.3) is 0 Å². The summed E-state index contributed by atoms with van der Waals surface area (Å²) >= 11 is 0. The smallest absolute Gasteiger partial charge is 0.243 e. The number of imidazole rings is 1. The Balaban J connectivity index is 2.95. The van der Waals surface area contributed by atoms with Crippen LogP contribution in [0.2, 0.25) is 0 Å². The molecule has 0 unspecified atom stereocenters. The lowest BCUT2D eigenvalue weighted by Crippen LogP contribution is -2.57. The lowest BCUT2D eigenvalue weighted by molar-refractivity contribution is -0.133. The third-order valence-corrected chi connectivity index (χ3v) is 5.42. The van der Waals surface area contributed by atoms with E-state index in [0.717, 1.165) is 0 Å². The third kappa shape index (κ3) is 12.8. The van der Waals surface area contributed by atoms with Gasteiger partial charge in [0.2, 0.25) is 29.9 Å². The van der Waals surface area contributed by atoms with Crippen molar-refractivity contribution in [2.75, 3.05) is 6.54 Å². The quantitative estimate of drug-likeness (QED) is 0.0542. The number of nitrogens with one attached hydrogen (secondary N) is 6. The lowest BCUT2D eigenvalue weighted by atomic mass is 10.0. The predicted molar refractivity (Wildman–Crippen MR) is 139 cm³/mol. The first kappa shape index (κ1) is 32.0. The summed E-state index contributed by atoms with van der Waals surface area (Å²) in [5, 5.41) is 17.7. The molecule has 0 spiro atoms. The second-order valence-electron chi connectivity index (χ2n) is 9.29. The molecule has 38 heavy (non-hydrogen) atoms. The summed E-state index contributed by atoms with van der Waals surface area (Å²) in [4.78, 5) is 68.0. The van der Waals surface area contributed by atoms with E-state index in [0.29, 0.717) is 12.1 Å². The summed E-state index contributed by atoms with van der Waals surface area (Å²) in [7, 11) is 0. The minimum atomic E-state index is -1.07. The summed E-state index contributed by atoms with van der Waals surface area (Å²) in [6.45, 7) is 3.99. The Kier molecular flexibility index (Phi) is 14.1. The van der Waals surface area contributed by atoms with Crippen LogP contribution >= 0.6 is 0 Å². The van der Waals surface area contributed by atoms with Gasteiger partial charge in [0.05, 0.1) is 18.1 Å². The minimum absolute atomic E-state index is 0.00262. The van der Waals surface area contributed by atoms with Crippen LogP contribution in [-0.2, 0) is 30.4 Å². The normalized spacial score (nSPS) is 14.0. The summed E-state index contributed by atoms with van der Waals surface area (Å²) in [5.74, 6) is -2.71. The van der Waals surface area contributed by atoms with E-state index >= 15 is 0 Å². The number of primary amides is 1. The molecule has 0 aliphatic heterocycles. The average molecular weight is 536 g/mol. The molecule has 15 nitrogen and oxygen atoms in total. The molecule has 0 fully saturated rings. The molecule has 0 aromatic carbocycles. The van der Waals surface area contributed by atoms with Gasteiger partial charge in [-0.2, -0.15) is 0 Å². The van der Waals surface area contributed by atoms with Gasteiger partial charge in [0, 0.05) is 25.6 Å². The van der Waals surface area contributed by atoms with Crippen LogP contribution in [0.4, 0.5) is 0 Å². The van der Waals surface area contributed by atoms with E-state index < -0.39 is 47.8 Å². The molecule has 1 radical (unpaired) electrons. The monoisotopic (exact) mass is 535 g/mol. The zero-order chi connectivity index (χ0) is 28.7. The van der Waals surface area contributed by atoms with Crippen molar-refractivity contribution in [3.8, 4) is 0 Å². The first-order valence-corrected chi connectivity index (χ1v) is 12.3. The van der Waals surface area contributed by atoms with E-state index in [2.05, 4.69) is 31.2 Å². The number of hydrogen-bond donors (Lipinski definition) is 9. The highest BCUT2D eigenvalue weighted by Crippen LogP contribution is 2.08. The summed E-state index contributed by atoms with van der Waals surface area (Å²) in [6.07, 6.45) is 5.56. The van der Waals surface area contributed by atoms with Gasteiger partial charge in [-0.3, -0.25) is 29.4 Å². The largest absolute Gasteiger partial charge is 0.370 e. The van der Waals surface area contributed by atoms with Crippen LogP contribution in [0.1, 0.15) is 51.6 Å². The lowest BCUT2D eigenvalue weighted by Gasteiger charge is -2.26. The van der Waals surface area contributed by atoms with Gasteiger partial charge < -0.3 is 43.5 Å². The van der Waals surface area contributed by atoms with Crippen molar-refractivity contribution in [2.45, 2.75) is 76.5 Å². The molecule has 1 rings (SSSR count). The van der Waals surface area contributed by atoms with Gasteiger partial charge in [-0.1, -0.05) is 13.8 Å². The van der Waals surface area contributed by atoms with Crippen LogP contribution in [0.15, 0.2) is 12.5 Å². The van der Waals surface area contributed by atoms with Crippen molar-refractivity contribution in [2.24, 2.45) is 23.1 Å². The van der Waals surface area contributed by atoms with Gasteiger partial charge in [0.1, 0.15) is 18.1 Å².